The van der Waals surface area contributed by atoms with Crippen LogP contribution >= 0.6 is 0 Å². The molecule has 6 heteroatoms. The number of hydrogen-bond acceptors (Lipinski definition) is 3. The Labute approximate surface area is 140 Å². The second kappa shape index (κ2) is 6.31. The molecule has 1 aliphatic rings. The first-order chi connectivity index (χ1) is 11.8. The summed E-state index contributed by atoms with van der Waals surface area (Å²) in [5.74, 6) is 0.0895. The van der Waals surface area contributed by atoms with Crippen LogP contribution in [0.5, 0.6) is 0 Å². The number of benzene rings is 1. The molecule has 1 saturated heterocycles. The second-order valence-electron chi connectivity index (χ2n) is 6.05. The first kappa shape index (κ1) is 14.7. The lowest BCUT2D eigenvalue weighted by Gasteiger charge is -2.25. The third-order valence-corrected chi connectivity index (χ3v) is 4.50. The summed E-state index contributed by atoms with van der Waals surface area (Å²) < 4.78 is 3.81. The fraction of sp³-hybridized carbons (Fsp3) is 0.278. The van der Waals surface area contributed by atoms with Gasteiger partial charge in [0, 0.05) is 30.2 Å². The van der Waals surface area contributed by atoms with Crippen molar-refractivity contribution in [2.75, 3.05) is 6.54 Å². The van der Waals surface area contributed by atoms with Gasteiger partial charge in [0.1, 0.15) is 12.7 Å². The Balaban J connectivity index is 1.55. The van der Waals surface area contributed by atoms with Crippen molar-refractivity contribution in [3.8, 4) is 5.69 Å². The molecule has 0 bridgehead atoms. The molecule has 0 spiro atoms. The molecule has 0 radical (unpaired) electrons. The van der Waals surface area contributed by atoms with E-state index in [1.807, 2.05) is 58.3 Å². The maximum absolute atomic E-state index is 13.0. The molecule has 0 N–H and O–H groups in total. The summed E-state index contributed by atoms with van der Waals surface area (Å²) in [7, 11) is 0. The largest absolute Gasteiger partial charge is 0.334 e. The van der Waals surface area contributed by atoms with Crippen LogP contribution in [-0.4, -0.2) is 42.7 Å². The van der Waals surface area contributed by atoms with Gasteiger partial charge < -0.3 is 9.47 Å². The zero-order chi connectivity index (χ0) is 16.4. The highest BCUT2D eigenvalue weighted by atomic mass is 16.2. The minimum absolute atomic E-state index is 0.0895. The zero-order valence-corrected chi connectivity index (χ0v) is 13.3. The molecular formula is C18H19N5O. The number of carbonyl (C=O) groups is 1. The molecule has 2 aromatic heterocycles. The van der Waals surface area contributed by atoms with Gasteiger partial charge in [-0.25, -0.2) is 4.98 Å². The van der Waals surface area contributed by atoms with Gasteiger partial charge in [0.15, 0.2) is 0 Å². The van der Waals surface area contributed by atoms with E-state index in [-0.39, 0.29) is 11.9 Å². The Morgan fingerprint density at radius 3 is 2.88 bits per heavy atom. The molecule has 1 aromatic carbocycles. The zero-order valence-electron chi connectivity index (χ0n) is 13.3. The maximum Gasteiger partial charge on any atom is 0.254 e. The number of carbonyl (C=O) groups excluding carboxylic acids is 1. The fourth-order valence-corrected chi connectivity index (χ4v) is 3.31. The van der Waals surface area contributed by atoms with Crippen molar-refractivity contribution in [2.24, 2.45) is 0 Å². The van der Waals surface area contributed by atoms with Crippen molar-refractivity contribution in [1.82, 2.24) is 24.2 Å². The van der Waals surface area contributed by atoms with Crippen molar-refractivity contribution < 1.29 is 4.79 Å². The molecule has 3 aromatic rings. The van der Waals surface area contributed by atoms with Crippen LogP contribution in [0.1, 0.15) is 23.2 Å². The van der Waals surface area contributed by atoms with Crippen molar-refractivity contribution in [1.29, 1.82) is 0 Å². The summed E-state index contributed by atoms with van der Waals surface area (Å²) in [6.45, 7) is 1.50. The summed E-state index contributed by atoms with van der Waals surface area (Å²) in [6, 6.07) is 11.9. The van der Waals surface area contributed by atoms with Crippen LogP contribution in [0.3, 0.4) is 0 Å². The van der Waals surface area contributed by atoms with E-state index in [4.69, 9.17) is 0 Å². The van der Waals surface area contributed by atoms with Gasteiger partial charge in [-0.3, -0.25) is 9.48 Å². The maximum atomic E-state index is 13.0. The summed E-state index contributed by atoms with van der Waals surface area (Å²) in [4.78, 5) is 18.9. The van der Waals surface area contributed by atoms with Gasteiger partial charge in [0.2, 0.25) is 0 Å². The first-order valence-corrected chi connectivity index (χ1v) is 8.18. The van der Waals surface area contributed by atoms with E-state index in [1.165, 1.54) is 6.33 Å². The lowest BCUT2D eigenvalue weighted by atomic mass is 10.1. The average molecular weight is 321 g/mol. The SMILES string of the molecule is O=C(c1cccc(-n2cccc2)c1)N1CCCC1Cn1cncn1. The van der Waals surface area contributed by atoms with Crippen LogP contribution in [-0.2, 0) is 6.54 Å². The predicted octanol–water partition coefficient (Wildman–Crippen LogP) is 2.37. The van der Waals surface area contributed by atoms with E-state index in [9.17, 15) is 4.79 Å². The van der Waals surface area contributed by atoms with E-state index in [0.717, 1.165) is 30.6 Å². The van der Waals surface area contributed by atoms with Crippen molar-refractivity contribution in [3.05, 3.63) is 67.0 Å². The molecule has 1 fully saturated rings. The van der Waals surface area contributed by atoms with E-state index in [0.29, 0.717) is 6.54 Å². The first-order valence-electron chi connectivity index (χ1n) is 8.18. The van der Waals surface area contributed by atoms with Gasteiger partial charge in [0.25, 0.3) is 5.91 Å². The van der Waals surface area contributed by atoms with Crippen LogP contribution < -0.4 is 0 Å². The van der Waals surface area contributed by atoms with Crippen molar-refractivity contribution >= 4 is 5.91 Å². The van der Waals surface area contributed by atoms with Crippen molar-refractivity contribution in [3.63, 3.8) is 0 Å². The number of aromatic nitrogens is 4. The van der Waals surface area contributed by atoms with Gasteiger partial charge in [0.05, 0.1) is 12.6 Å². The van der Waals surface area contributed by atoms with Crippen LogP contribution in [0.4, 0.5) is 0 Å². The number of amides is 1. The molecule has 1 atom stereocenters. The highest BCUT2D eigenvalue weighted by Gasteiger charge is 2.29. The fourth-order valence-electron chi connectivity index (χ4n) is 3.31. The molecule has 1 amide bonds. The number of hydrogen-bond donors (Lipinski definition) is 0. The smallest absolute Gasteiger partial charge is 0.254 e. The normalized spacial score (nSPS) is 17.3. The summed E-state index contributed by atoms with van der Waals surface area (Å²) in [5, 5.41) is 4.16. The lowest BCUT2D eigenvalue weighted by molar-refractivity contribution is 0.0721. The van der Waals surface area contributed by atoms with Crippen LogP contribution in [0.25, 0.3) is 5.69 Å². The van der Waals surface area contributed by atoms with Gasteiger partial charge in [-0.15, -0.1) is 0 Å². The molecule has 1 aliphatic heterocycles. The summed E-state index contributed by atoms with van der Waals surface area (Å²) in [5.41, 5.74) is 1.73. The van der Waals surface area contributed by atoms with Crippen LogP contribution in [0, 0.1) is 0 Å². The molecule has 0 saturated carbocycles. The van der Waals surface area contributed by atoms with Gasteiger partial charge in [-0.1, -0.05) is 6.07 Å². The Bertz CT molecular complexity index is 810. The summed E-state index contributed by atoms with van der Waals surface area (Å²) >= 11 is 0. The molecule has 122 valence electrons. The monoisotopic (exact) mass is 321 g/mol. The molecule has 0 aliphatic carbocycles. The Kier molecular flexibility index (Phi) is 3.86. The van der Waals surface area contributed by atoms with Crippen LogP contribution in [0.2, 0.25) is 0 Å². The third kappa shape index (κ3) is 2.82. The number of likely N-dealkylation sites (tertiary alicyclic amines) is 1. The Morgan fingerprint density at radius 1 is 1.21 bits per heavy atom. The average Bonchev–Trinajstić information content (AvgIpc) is 3.37. The van der Waals surface area contributed by atoms with Gasteiger partial charge in [-0.2, -0.15) is 5.10 Å². The Hall–Kier alpha value is -2.89. The number of rotatable bonds is 4. The molecule has 6 nitrogen and oxygen atoms in total. The molecule has 3 heterocycles. The molecule has 4 rings (SSSR count). The minimum atomic E-state index is 0.0895. The number of nitrogens with zero attached hydrogens (tertiary/aromatic N) is 5. The summed E-state index contributed by atoms with van der Waals surface area (Å²) in [6.07, 6.45) is 9.22. The lowest BCUT2D eigenvalue weighted by Crippen LogP contribution is -2.38. The molecule has 1 unspecified atom stereocenters. The van der Waals surface area contributed by atoms with Gasteiger partial charge >= 0.3 is 0 Å². The van der Waals surface area contributed by atoms with E-state index in [1.54, 1.807) is 11.0 Å². The van der Waals surface area contributed by atoms with E-state index >= 15 is 0 Å². The van der Waals surface area contributed by atoms with Crippen molar-refractivity contribution in [2.45, 2.75) is 25.4 Å². The quantitative estimate of drug-likeness (QED) is 0.741. The van der Waals surface area contributed by atoms with E-state index < -0.39 is 0 Å². The minimum Gasteiger partial charge on any atom is -0.334 e. The van der Waals surface area contributed by atoms with Gasteiger partial charge in [-0.05, 0) is 43.2 Å². The predicted molar refractivity (Wildman–Crippen MR) is 89.8 cm³/mol. The second-order valence-corrected chi connectivity index (χ2v) is 6.05. The topological polar surface area (TPSA) is 56.0 Å². The highest BCUT2D eigenvalue weighted by molar-refractivity contribution is 5.95. The molecular weight excluding hydrogens is 302 g/mol. The standard InChI is InChI=1S/C18H19N5O/c24-18(15-5-3-6-16(11-15)21-8-1-2-9-21)23-10-4-7-17(23)12-22-14-19-13-20-22/h1-3,5-6,8-9,11,13-14,17H,4,7,10,12H2. The van der Waals surface area contributed by atoms with Crippen LogP contribution in [0.15, 0.2) is 61.4 Å². The highest BCUT2D eigenvalue weighted by Crippen LogP contribution is 2.22. The Morgan fingerprint density at radius 2 is 2.08 bits per heavy atom. The van der Waals surface area contributed by atoms with E-state index in [2.05, 4.69) is 10.1 Å². The third-order valence-electron chi connectivity index (χ3n) is 4.50. The molecule has 24 heavy (non-hydrogen) atoms.